The minimum absolute atomic E-state index is 0.463. The fourth-order valence-electron chi connectivity index (χ4n) is 3.26. The molecule has 0 amide bonds. The molecule has 0 saturated heterocycles. The Balaban J connectivity index is 1.56. The van der Waals surface area contributed by atoms with Gasteiger partial charge in [0.25, 0.3) is 0 Å². The van der Waals surface area contributed by atoms with Crippen molar-refractivity contribution in [3.8, 4) is 17.2 Å². The van der Waals surface area contributed by atoms with Crippen molar-refractivity contribution in [3.63, 3.8) is 0 Å². The van der Waals surface area contributed by atoms with E-state index in [0.717, 1.165) is 21.7 Å². The number of benzene rings is 4. The highest BCUT2D eigenvalue weighted by Crippen LogP contribution is 2.27. The summed E-state index contributed by atoms with van der Waals surface area (Å²) in [6.45, 7) is 0. The lowest BCUT2D eigenvalue weighted by Crippen LogP contribution is -2.03. The number of fused-ring (bicyclic) bond motifs is 2. The molecule has 4 rings (SSSR count). The summed E-state index contributed by atoms with van der Waals surface area (Å²) < 4.78 is 16.0. The average Bonchev–Trinajstić information content (AvgIpc) is 2.76. The summed E-state index contributed by atoms with van der Waals surface area (Å²) in [5.74, 6) is 1.36. The molecule has 0 aromatic heterocycles. The van der Waals surface area contributed by atoms with E-state index in [2.05, 4.69) is 24.3 Å². The summed E-state index contributed by atoms with van der Waals surface area (Å²) in [4.78, 5) is 12.3. The van der Waals surface area contributed by atoms with Crippen LogP contribution in [0.5, 0.6) is 17.2 Å². The number of ether oxygens (including phenoxy) is 3. The van der Waals surface area contributed by atoms with Gasteiger partial charge in [0, 0.05) is 11.6 Å². The van der Waals surface area contributed by atoms with Gasteiger partial charge in [-0.1, -0.05) is 30.3 Å². The van der Waals surface area contributed by atoms with Gasteiger partial charge in [-0.15, -0.1) is 0 Å². The van der Waals surface area contributed by atoms with Crippen molar-refractivity contribution in [3.05, 3.63) is 84.4 Å². The van der Waals surface area contributed by atoms with E-state index in [0.29, 0.717) is 17.2 Å². The van der Waals surface area contributed by atoms with Crippen LogP contribution < -0.4 is 14.2 Å². The SMILES string of the molecule is COc1ccc(OC)c(C=CC(=O)Oc2ccc3cc4ccccc4cc3c2)c1. The van der Waals surface area contributed by atoms with Crippen molar-refractivity contribution in [2.24, 2.45) is 0 Å². The van der Waals surface area contributed by atoms with Gasteiger partial charge < -0.3 is 14.2 Å². The van der Waals surface area contributed by atoms with E-state index in [1.165, 1.54) is 11.5 Å². The zero-order valence-corrected chi connectivity index (χ0v) is 16.2. The van der Waals surface area contributed by atoms with Crippen LogP contribution >= 0.6 is 0 Å². The Kier molecular flexibility index (Phi) is 5.16. The Labute approximate surface area is 168 Å². The fraction of sp³-hybridized carbons (Fsp3) is 0.0800. The molecule has 0 heterocycles. The van der Waals surface area contributed by atoms with Crippen molar-refractivity contribution < 1.29 is 19.0 Å². The summed E-state index contributed by atoms with van der Waals surface area (Å²) in [6, 6.07) is 23.4. The van der Waals surface area contributed by atoms with Gasteiger partial charge in [-0.3, -0.25) is 0 Å². The molecule has 0 N–H and O–H groups in total. The molecule has 0 unspecified atom stereocenters. The van der Waals surface area contributed by atoms with Crippen LogP contribution in [0.3, 0.4) is 0 Å². The van der Waals surface area contributed by atoms with Crippen molar-refractivity contribution >= 4 is 33.6 Å². The maximum absolute atomic E-state index is 12.3. The first-order valence-corrected chi connectivity index (χ1v) is 9.21. The molecule has 0 aliphatic rings. The Bertz CT molecular complexity index is 1220. The maximum Gasteiger partial charge on any atom is 0.336 e. The van der Waals surface area contributed by atoms with Gasteiger partial charge in [0.05, 0.1) is 14.2 Å². The third-order valence-electron chi connectivity index (χ3n) is 4.73. The molecule has 0 aliphatic carbocycles. The van der Waals surface area contributed by atoms with Gasteiger partial charge in [-0.05, 0) is 70.1 Å². The molecule has 0 saturated carbocycles. The lowest BCUT2D eigenvalue weighted by atomic mass is 10.0. The third kappa shape index (κ3) is 4.06. The number of esters is 1. The van der Waals surface area contributed by atoms with Crippen LogP contribution in [-0.2, 0) is 4.79 Å². The Hall–Kier alpha value is -3.79. The van der Waals surface area contributed by atoms with Gasteiger partial charge in [-0.2, -0.15) is 0 Å². The molecule has 0 bridgehead atoms. The van der Waals surface area contributed by atoms with Crippen LogP contribution in [-0.4, -0.2) is 20.2 Å². The van der Waals surface area contributed by atoms with Crippen LogP contribution in [0.15, 0.2) is 78.9 Å². The highest BCUT2D eigenvalue weighted by molar-refractivity contribution is 5.99. The summed E-state index contributed by atoms with van der Waals surface area (Å²) in [5.41, 5.74) is 0.730. The van der Waals surface area contributed by atoms with E-state index < -0.39 is 5.97 Å². The van der Waals surface area contributed by atoms with E-state index in [1.807, 2.05) is 24.3 Å². The van der Waals surface area contributed by atoms with Crippen LogP contribution in [0.1, 0.15) is 5.56 Å². The molecule has 4 aromatic rings. The molecule has 4 nitrogen and oxygen atoms in total. The summed E-state index contributed by atoms with van der Waals surface area (Å²) in [5, 5.41) is 4.45. The lowest BCUT2D eigenvalue weighted by Gasteiger charge is -2.07. The fourth-order valence-corrected chi connectivity index (χ4v) is 3.26. The van der Waals surface area contributed by atoms with Gasteiger partial charge in [0.2, 0.25) is 0 Å². The van der Waals surface area contributed by atoms with Crippen LogP contribution in [0.2, 0.25) is 0 Å². The smallest absolute Gasteiger partial charge is 0.336 e. The molecule has 29 heavy (non-hydrogen) atoms. The molecule has 0 aliphatic heterocycles. The molecule has 0 fully saturated rings. The van der Waals surface area contributed by atoms with Gasteiger partial charge in [-0.25, -0.2) is 4.79 Å². The highest BCUT2D eigenvalue weighted by atomic mass is 16.5. The number of carbonyl (C=O) groups excluding carboxylic acids is 1. The van der Waals surface area contributed by atoms with Crippen LogP contribution in [0.25, 0.3) is 27.6 Å². The quantitative estimate of drug-likeness (QED) is 0.194. The largest absolute Gasteiger partial charge is 0.497 e. The number of carbonyl (C=O) groups is 1. The van der Waals surface area contributed by atoms with Gasteiger partial charge in [0.1, 0.15) is 17.2 Å². The minimum Gasteiger partial charge on any atom is -0.497 e. The summed E-state index contributed by atoms with van der Waals surface area (Å²) in [6.07, 6.45) is 3.03. The number of rotatable bonds is 5. The van der Waals surface area contributed by atoms with Crippen LogP contribution in [0.4, 0.5) is 0 Å². The molecule has 0 atom stereocenters. The van der Waals surface area contributed by atoms with Crippen LogP contribution in [0, 0.1) is 0 Å². The monoisotopic (exact) mass is 384 g/mol. The molecule has 0 radical (unpaired) electrons. The zero-order chi connectivity index (χ0) is 20.2. The second-order valence-electron chi connectivity index (χ2n) is 6.57. The van der Waals surface area contributed by atoms with Crippen molar-refractivity contribution in [2.75, 3.05) is 14.2 Å². The first kappa shape index (κ1) is 18.6. The predicted octanol–water partition coefficient (Wildman–Crippen LogP) is 5.63. The highest BCUT2D eigenvalue weighted by Gasteiger charge is 2.06. The maximum atomic E-state index is 12.3. The molecule has 144 valence electrons. The first-order chi connectivity index (χ1) is 14.2. The molecular weight excluding hydrogens is 364 g/mol. The first-order valence-electron chi connectivity index (χ1n) is 9.21. The number of methoxy groups -OCH3 is 2. The van der Waals surface area contributed by atoms with E-state index in [9.17, 15) is 4.79 Å². The standard InChI is InChI=1S/C25H20O4/c1-27-22-10-11-24(28-2)20(15-22)8-12-25(26)29-23-9-7-19-13-17-5-3-4-6-18(17)14-21(19)16-23/h3-16H,1-2H3. The summed E-state index contributed by atoms with van der Waals surface area (Å²) in [7, 11) is 3.17. The Morgan fingerprint density at radius 3 is 2.14 bits per heavy atom. The second-order valence-corrected chi connectivity index (χ2v) is 6.57. The van der Waals surface area contributed by atoms with Crippen molar-refractivity contribution in [1.82, 2.24) is 0 Å². The Morgan fingerprint density at radius 2 is 1.41 bits per heavy atom. The van der Waals surface area contributed by atoms with Gasteiger partial charge in [0.15, 0.2) is 0 Å². The van der Waals surface area contributed by atoms with Crippen molar-refractivity contribution in [2.45, 2.75) is 0 Å². The van der Waals surface area contributed by atoms with E-state index in [-0.39, 0.29) is 0 Å². The zero-order valence-electron chi connectivity index (χ0n) is 16.2. The number of hydrogen-bond acceptors (Lipinski definition) is 4. The Morgan fingerprint density at radius 1 is 0.724 bits per heavy atom. The predicted molar refractivity (Wildman–Crippen MR) is 116 cm³/mol. The topological polar surface area (TPSA) is 44.8 Å². The average molecular weight is 384 g/mol. The lowest BCUT2D eigenvalue weighted by molar-refractivity contribution is -0.128. The van der Waals surface area contributed by atoms with E-state index in [1.54, 1.807) is 44.6 Å². The van der Waals surface area contributed by atoms with Gasteiger partial charge >= 0.3 is 5.97 Å². The number of hydrogen-bond donors (Lipinski definition) is 0. The molecule has 4 aromatic carbocycles. The second kappa shape index (κ2) is 8.07. The normalized spacial score (nSPS) is 11.1. The minimum atomic E-state index is -0.463. The van der Waals surface area contributed by atoms with Crippen molar-refractivity contribution in [1.29, 1.82) is 0 Å². The molecule has 0 spiro atoms. The molecule has 4 heteroatoms. The third-order valence-corrected chi connectivity index (χ3v) is 4.73. The summed E-state index contributed by atoms with van der Waals surface area (Å²) >= 11 is 0. The van der Waals surface area contributed by atoms with E-state index >= 15 is 0 Å². The van der Waals surface area contributed by atoms with E-state index in [4.69, 9.17) is 14.2 Å². The molecular formula is C25H20O4.